The van der Waals surface area contributed by atoms with Gasteiger partial charge in [-0.05, 0) is 64.4 Å². The maximum Gasteiger partial charge on any atom is 0.0702 e. The van der Waals surface area contributed by atoms with Crippen LogP contribution in [0.1, 0.15) is 0 Å². The molecule has 5 aromatic rings. The smallest absolute Gasteiger partial charge is 0.0702 e. The monoisotopic (exact) mass is 358 g/mol. The summed E-state index contributed by atoms with van der Waals surface area (Å²) in [7, 11) is 0. The minimum atomic E-state index is 0.960. The molecular weight excluding hydrogens is 340 g/mol. The molecule has 0 atom stereocenters. The van der Waals surface area contributed by atoms with Crippen LogP contribution in [0, 0.1) is 0 Å². The van der Waals surface area contributed by atoms with E-state index in [1.54, 1.807) is 0 Å². The van der Waals surface area contributed by atoms with E-state index in [1.165, 1.54) is 21.9 Å². The van der Waals surface area contributed by atoms with Crippen molar-refractivity contribution in [1.29, 1.82) is 0 Å². The van der Waals surface area contributed by atoms with Crippen LogP contribution in [-0.2, 0) is 0 Å². The van der Waals surface area contributed by atoms with Gasteiger partial charge in [0.25, 0.3) is 0 Å². The number of rotatable bonds is 3. The second-order valence-corrected chi connectivity index (χ2v) is 6.76. The van der Waals surface area contributed by atoms with E-state index in [-0.39, 0.29) is 0 Å². The highest BCUT2D eigenvalue weighted by Gasteiger charge is 2.10. The standard InChI is InChI=1S/C26H18N2/c1-2-10-23-19(8-1)9-7-11-24(23)20-16-21(25-12-3-5-14-27-25)18-22(17-20)26-13-4-6-15-28-26/h1-18H. The lowest BCUT2D eigenvalue weighted by Crippen LogP contribution is -1.89. The molecule has 0 radical (unpaired) electrons. The average Bonchev–Trinajstić information content (AvgIpc) is 2.79. The molecule has 0 aliphatic heterocycles. The second-order valence-electron chi connectivity index (χ2n) is 6.76. The van der Waals surface area contributed by atoms with Crippen molar-refractivity contribution in [3.05, 3.63) is 109 Å². The van der Waals surface area contributed by atoms with Crippen molar-refractivity contribution in [2.24, 2.45) is 0 Å². The number of hydrogen-bond donors (Lipinski definition) is 0. The van der Waals surface area contributed by atoms with Gasteiger partial charge in [0.1, 0.15) is 0 Å². The third-order valence-electron chi connectivity index (χ3n) is 4.95. The van der Waals surface area contributed by atoms with Gasteiger partial charge in [-0.25, -0.2) is 0 Å². The molecule has 0 bridgehead atoms. The van der Waals surface area contributed by atoms with Gasteiger partial charge in [-0.2, -0.15) is 0 Å². The van der Waals surface area contributed by atoms with E-state index in [2.05, 4.69) is 70.6 Å². The second kappa shape index (κ2) is 7.09. The largest absolute Gasteiger partial charge is 0.256 e. The summed E-state index contributed by atoms with van der Waals surface area (Å²) in [6.07, 6.45) is 3.67. The third kappa shape index (κ3) is 3.06. The van der Waals surface area contributed by atoms with Crippen molar-refractivity contribution in [3.8, 4) is 33.6 Å². The number of aromatic nitrogens is 2. The summed E-state index contributed by atoms with van der Waals surface area (Å²) in [5.74, 6) is 0. The van der Waals surface area contributed by atoms with Gasteiger partial charge in [0, 0.05) is 23.5 Å². The van der Waals surface area contributed by atoms with Crippen LogP contribution in [0.4, 0.5) is 0 Å². The fourth-order valence-electron chi connectivity index (χ4n) is 3.62. The molecule has 2 heterocycles. The number of pyridine rings is 2. The summed E-state index contributed by atoms with van der Waals surface area (Å²) in [4.78, 5) is 9.12. The lowest BCUT2D eigenvalue weighted by molar-refractivity contribution is 1.31. The number of fused-ring (bicyclic) bond motifs is 1. The molecule has 0 aliphatic carbocycles. The molecule has 0 aliphatic rings. The van der Waals surface area contributed by atoms with Gasteiger partial charge in [-0.3, -0.25) is 9.97 Å². The molecule has 3 aromatic carbocycles. The zero-order chi connectivity index (χ0) is 18.8. The molecule has 0 fully saturated rings. The molecule has 0 saturated heterocycles. The van der Waals surface area contributed by atoms with Crippen molar-refractivity contribution < 1.29 is 0 Å². The van der Waals surface area contributed by atoms with Crippen LogP contribution in [0.5, 0.6) is 0 Å². The highest BCUT2D eigenvalue weighted by molar-refractivity contribution is 5.98. The quantitative estimate of drug-likeness (QED) is 0.362. The fourth-order valence-corrected chi connectivity index (χ4v) is 3.62. The Hall–Kier alpha value is -3.78. The Morgan fingerprint density at radius 3 is 1.68 bits per heavy atom. The van der Waals surface area contributed by atoms with Crippen LogP contribution < -0.4 is 0 Å². The lowest BCUT2D eigenvalue weighted by atomic mass is 9.93. The number of benzene rings is 3. The minimum Gasteiger partial charge on any atom is -0.256 e. The lowest BCUT2D eigenvalue weighted by Gasteiger charge is -2.12. The molecule has 2 nitrogen and oxygen atoms in total. The molecule has 0 spiro atoms. The Labute approximate surface area is 164 Å². The normalized spacial score (nSPS) is 10.9. The first-order valence-electron chi connectivity index (χ1n) is 9.34. The first-order chi connectivity index (χ1) is 13.9. The van der Waals surface area contributed by atoms with E-state index in [9.17, 15) is 0 Å². The van der Waals surface area contributed by atoms with Gasteiger partial charge in [0.05, 0.1) is 11.4 Å². The fraction of sp³-hybridized carbons (Fsp3) is 0. The summed E-state index contributed by atoms with van der Waals surface area (Å²) in [6.45, 7) is 0. The summed E-state index contributed by atoms with van der Waals surface area (Å²) in [6, 6.07) is 33.6. The van der Waals surface area contributed by atoms with E-state index < -0.39 is 0 Å². The molecule has 132 valence electrons. The van der Waals surface area contributed by atoms with Crippen molar-refractivity contribution in [2.75, 3.05) is 0 Å². The summed E-state index contributed by atoms with van der Waals surface area (Å²) in [5, 5.41) is 2.48. The molecule has 2 aromatic heterocycles. The van der Waals surface area contributed by atoms with Crippen LogP contribution in [0.25, 0.3) is 44.4 Å². The molecule has 2 heteroatoms. The Bertz CT molecular complexity index is 1180. The van der Waals surface area contributed by atoms with Gasteiger partial charge in [0.15, 0.2) is 0 Å². The van der Waals surface area contributed by atoms with Crippen molar-refractivity contribution in [3.63, 3.8) is 0 Å². The number of hydrogen-bond acceptors (Lipinski definition) is 2. The average molecular weight is 358 g/mol. The van der Waals surface area contributed by atoms with Gasteiger partial charge < -0.3 is 0 Å². The zero-order valence-corrected chi connectivity index (χ0v) is 15.3. The van der Waals surface area contributed by atoms with Crippen LogP contribution in [0.2, 0.25) is 0 Å². The van der Waals surface area contributed by atoms with E-state index in [1.807, 2.05) is 48.8 Å². The van der Waals surface area contributed by atoms with Gasteiger partial charge in [-0.1, -0.05) is 54.6 Å². The maximum atomic E-state index is 4.56. The first kappa shape index (κ1) is 16.4. The van der Waals surface area contributed by atoms with Gasteiger partial charge >= 0.3 is 0 Å². The summed E-state index contributed by atoms with van der Waals surface area (Å²) < 4.78 is 0. The molecule has 0 amide bonds. The van der Waals surface area contributed by atoms with Crippen LogP contribution in [0.15, 0.2) is 109 Å². The zero-order valence-electron chi connectivity index (χ0n) is 15.3. The van der Waals surface area contributed by atoms with E-state index in [0.29, 0.717) is 0 Å². The highest BCUT2D eigenvalue weighted by atomic mass is 14.7. The molecule has 0 N–H and O–H groups in total. The maximum absolute atomic E-state index is 4.56. The minimum absolute atomic E-state index is 0.960. The molecule has 5 rings (SSSR count). The van der Waals surface area contributed by atoms with Crippen LogP contribution in [0.3, 0.4) is 0 Å². The van der Waals surface area contributed by atoms with Gasteiger partial charge in [0.2, 0.25) is 0 Å². The van der Waals surface area contributed by atoms with E-state index in [4.69, 9.17) is 0 Å². The Kier molecular flexibility index (Phi) is 4.15. The van der Waals surface area contributed by atoms with Crippen molar-refractivity contribution in [1.82, 2.24) is 9.97 Å². The Balaban J connectivity index is 1.78. The summed E-state index contributed by atoms with van der Waals surface area (Å²) in [5.41, 5.74) is 6.48. The topological polar surface area (TPSA) is 25.8 Å². The van der Waals surface area contributed by atoms with Gasteiger partial charge in [-0.15, -0.1) is 0 Å². The van der Waals surface area contributed by atoms with E-state index in [0.717, 1.165) is 22.5 Å². The summed E-state index contributed by atoms with van der Waals surface area (Å²) >= 11 is 0. The molecular formula is C26H18N2. The predicted molar refractivity (Wildman–Crippen MR) is 116 cm³/mol. The Morgan fingerprint density at radius 1 is 0.464 bits per heavy atom. The molecule has 0 saturated carbocycles. The van der Waals surface area contributed by atoms with Crippen molar-refractivity contribution in [2.45, 2.75) is 0 Å². The number of nitrogens with zero attached hydrogens (tertiary/aromatic N) is 2. The first-order valence-corrected chi connectivity index (χ1v) is 9.34. The van der Waals surface area contributed by atoms with E-state index >= 15 is 0 Å². The van der Waals surface area contributed by atoms with Crippen LogP contribution in [-0.4, -0.2) is 9.97 Å². The molecule has 0 unspecified atom stereocenters. The van der Waals surface area contributed by atoms with Crippen molar-refractivity contribution >= 4 is 10.8 Å². The highest BCUT2D eigenvalue weighted by Crippen LogP contribution is 2.34. The Morgan fingerprint density at radius 2 is 1.04 bits per heavy atom. The molecule has 28 heavy (non-hydrogen) atoms. The van der Waals surface area contributed by atoms with Crippen LogP contribution >= 0.6 is 0 Å². The third-order valence-corrected chi connectivity index (χ3v) is 4.95. The predicted octanol–water partition coefficient (Wildman–Crippen LogP) is 6.63. The SMILES string of the molecule is c1ccc(-c2cc(-c3ccccn3)cc(-c3cccc4ccccc34)c2)nc1.